The van der Waals surface area contributed by atoms with Gasteiger partial charge in [0.15, 0.2) is 23.0 Å². The Morgan fingerprint density at radius 3 is 2.45 bits per heavy atom. The molecule has 5 rings (SSSR count). The molecule has 0 amide bonds. The lowest BCUT2D eigenvalue weighted by molar-refractivity contribution is -0.130. The highest BCUT2D eigenvalue weighted by Gasteiger charge is 2.32. The van der Waals surface area contributed by atoms with Crippen LogP contribution in [-0.4, -0.2) is 33.2 Å². The van der Waals surface area contributed by atoms with Crippen LogP contribution in [0.15, 0.2) is 76.0 Å². The van der Waals surface area contributed by atoms with E-state index in [0.29, 0.717) is 45.7 Å². The fourth-order valence-corrected chi connectivity index (χ4v) is 3.60. The number of benzene rings is 2. The molecule has 0 atom stereocenters. The van der Waals surface area contributed by atoms with Gasteiger partial charge >= 0.3 is 5.97 Å². The zero-order valence-electron chi connectivity index (χ0n) is 18.1. The summed E-state index contributed by atoms with van der Waals surface area (Å²) in [7, 11) is 4.70. The molecule has 0 saturated heterocycles. The van der Waals surface area contributed by atoms with Crippen molar-refractivity contribution in [3.05, 3.63) is 83.5 Å². The predicted molar refractivity (Wildman–Crippen MR) is 119 cm³/mol. The van der Waals surface area contributed by atoms with Crippen molar-refractivity contribution in [2.45, 2.75) is 0 Å². The third-order valence-electron chi connectivity index (χ3n) is 5.22. The van der Waals surface area contributed by atoms with E-state index >= 15 is 0 Å². The van der Waals surface area contributed by atoms with Gasteiger partial charge in [0.05, 0.1) is 27.6 Å². The second-order valence-corrected chi connectivity index (χ2v) is 7.09. The van der Waals surface area contributed by atoms with E-state index in [0.717, 1.165) is 5.56 Å². The molecule has 33 heavy (non-hydrogen) atoms. The number of aliphatic imine (C=N–C) groups is 1. The molecule has 0 N–H and O–H groups in total. The molecule has 0 fully saturated rings. The van der Waals surface area contributed by atoms with Crippen molar-refractivity contribution < 1.29 is 32.9 Å². The van der Waals surface area contributed by atoms with Crippen LogP contribution in [0.1, 0.15) is 16.9 Å². The number of carbonyl (C=O) groups excluding carboxylic acids is 1. The summed E-state index contributed by atoms with van der Waals surface area (Å²) in [6.07, 6.45) is 3.23. The van der Waals surface area contributed by atoms with E-state index in [9.17, 15) is 4.79 Å². The summed E-state index contributed by atoms with van der Waals surface area (Å²) in [6, 6.07) is 14.1. The average Bonchev–Trinajstić information content (AvgIpc) is 3.52. The Hall–Kier alpha value is -4.46. The Morgan fingerprint density at radius 1 is 0.879 bits per heavy atom. The maximum absolute atomic E-state index is 12.8. The van der Waals surface area contributed by atoms with Gasteiger partial charge in [0.2, 0.25) is 0 Å². The Morgan fingerprint density at radius 2 is 1.73 bits per heavy atom. The van der Waals surface area contributed by atoms with Crippen LogP contribution in [0, 0.1) is 0 Å². The summed E-state index contributed by atoms with van der Waals surface area (Å²) in [4.78, 5) is 17.2. The average molecular weight is 445 g/mol. The molecule has 3 heterocycles. The number of hydrogen-bond donors (Lipinski definition) is 0. The molecule has 0 unspecified atom stereocenters. The van der Waals surface area contributed by atoms with Crippen molar-refractivity contribution in [3.63, 3.8) is 0 Å². The summed E-state index contributed by atoms with van der Waals surface area (Å²) in [5, 5.41) is 0. The Bertz CT molecular complexity index is 1330. The normalized spacial score (nSPS) is 16.9. The minimum absolute atomic E-state index is 0.101. The molecular weight excluding hydrogens is 426 g/mol. The first-order chi connectivity index (χ1) is 16.1. The van der Waals surface area contributed by atoms with Crippen LogP contribution in [0.4, 0.5) is 0 Å². The number of furan rings is 1. The van der Waals surface area contributed by atoms with Gasteiger partial charge in [-0.25, -0.2) is 9.79 Å². The molecule has 2 aliphatic heterocycles. The van der Waals surface area contributed by atoms with E-state index in [1.54, 1.807) is 69.9 Å². The van der Waals surface area contributed by atoms with E-state index in [2.05, 4.69) is 4.99 Å². The summed E-state index contributed by atoms with van der Waals surface area (Å²) in [5.41, 5.74) is 2.05. The Kier molecular flexibility index (Phi) is 5.10. The van der Waals surface area contributed by atoms with Crippen LogP contribution in [0.25, 0.3) is 11.3 Å². The molecule has 0 radical (unpaired) electrons. The fourth-order valence-electron chi connectivity index (χ4n) is 3.60. The molecule has 3 aromatic rings. The Labute approximate surface area is 189 Å². The van der Waals surface area contributed by atoms with E-state index < -0.39 is 5.97 Å². The van der Waals surface area contributed by atoms with Crippen LogP contribution in [-0.2, 0) is 9.53 Å². The summed E-state index contributed by atoms with van der Waals surface area (Å²) in [6.45, 7) is 0. The van der Waals surface area contributed by atoms with Gasteiger partial charge in [0.25, 0.3) is 5.90 Å². The maximum Gasteiger partial charge on any atom is 0.364 e. The first kappa shape index (κ1) is 20.4. The second kappa shape index (κ2) is 8.23. The van der Waals surface area contributed by atoms with Crippen LogP contribution in [0.3, 0.4) is 0 Å². The quantitative estimate of drug-likeness (QED) is 0.423. The zero-order valence-corrected chi connectivity index (χ0v) is 18.1. The van der Waals surface area contributed by atoms with Gasteiger partial charge in [-0.2, -0.15) is 0 Å². The second-order valence-electron chi connectivity index (χ2n) is 7.09. The van der Waals surface area contributed by atoms with Crippen molar-refractivity contribution in [1.82, 2.24) is 0 Å². The maximum atomic E-state index is 12.8. The summed E-state index contributed by atoms with van der Waals surface area (Å²) >= 11 is 0. The lowest BCUT2D eigenvalue weighted by Gasteiger charge is -2.22. The Balaban J connectivity index is 1.69. The van der Waals surface area contributed by atoms with Crippen LogP contribution in [0.5, 0.6) is 23.0 Å². The lowest BCUT2D eigenvalue weighted by Crippen LogP contribution is -2.08. The van der Waals surface area contributed by atoms with E-state index in [4.69, 9.17) is 28.1 Å². The molecule has 0 aliphatic carbocycles. The van der Waals surface area contributed by atoms with Gasteiger partial charge in [-0.3, -0.25) is 0 Å². The van der Waals surface area contributed by atoms with Crippen LogP contribution in [0.2, 0.25) is 0 Å². The lowest BCUT2D eigenvalue weighted by atomic mass is 9.97. The molecule has 8 heteroatoms. The van der Waals surface area contributed by atoms with Gasteiger partial charge in [0, 0.05) is 16.7 Å². The number of cyclic esters (lactones) is 1. The largest absolute Gasteiger partial charge is 0.497 e. The smallest absolute Gasteiger partial charge is 0.364 e. The highest BCUT2D eigenvalue weighted by atomic mass is 16.6. The van der Waals surface area contributed by atoms with Gasteiger partial charge in [-0.1, -0.05) is 0 Å². The van der Waals surface area contributed by atoms with Crippen molar-refractivity contribution in [2.24, 2.45) is 4.99 Å². The highest BCUT2D eigenvalue weighted by molar-refractivity contribution is 6.15. The number of allylic oxidation sites excluding steroid dienone is 2. The SMILES string of the molecule is COc1ccc2c(c1)C(=C1N=C(c3ccco3)OC1=O)C=C(c1ccc(OC)c(OC)c1)O2. The third-order valence-corrected chi connectivity index (χ3v) is 5.22. The van der Waals surface area contributed by atoms with Crippen molar-refractivity contribution in [1.29, 1.82) is 0 Å². The van der Waals surface area contributed by atoms with E-state index in [1.165, 1.54) is 6.26 Å². The minimum atomic E-state index is -0.588. The first-order valence-corrected chi connectivity index (χ1v) is 10.0. The standard InChI is InChI=1S/C25H19NO7/c1-28-15-7-9-18-16(12-15)17(23-25(27)33-24(26-23)20-5-4-10-31-20)13-21(32-18)14-6-8-19(29-2)22(11-14)30-3/h4-13H,1-3H3. The number of esters is 1. The number of rotatable bonds is 5. The number of carbonyl (C=O) groups is 1. The molecule has 0 spiro atoms. The minimum Gasteiger partial charge on any atom is -0.497 e. The molecule has 1 aromatic heterocycles. The molecule has 0 bridgehead atoms. The molecule has 2 aromatic carbocycles. The number of nitrogens with zero attached hydrogens (tertiary/aromatic N) is 1. The van der Waals surface area contributed by atoms with Gasteiger partial charge in [0.1, 0.15) is 17.3 Å². The molecule has 8 nitrogen and oxygen atoms in total. The summed E-state index contributed by atoms with van der Waals surface area (Å²) in [5.74, 6) is 2.67. The first-order valence-electron chi connectivity index (χ1n) is 10.0. The number of fused-ring (bicyclic) bond motifs is 1. The van der Waals surface area contributed by atoms with Gasteiger partial charge in [-0.15, -0.1) is 0 Å². The van der Waals surface area contributed by atoms with Gasteiger partial charge < -0.3 is 28.1 Å². The number of hydrogen-bond acceptors (Lipinski definition) is 8. The van der Waals surface area contributed by atoms with Crippen molar-refractivity contribution >= 4 is 23.2 Å². The van der Waals surface area contributed by atoms with Gasteiger partial charge in [-0.05, 0) is 54.6 Å². The molecule has 0 saturated carbocycles. The number of methoxy groups -OCH3 is 3. The van der Waals surface area contributed by atoms with Crippen molar-refractivity contribution in [2.75, 3.05) is 21.3 Å². The number of ether oxygens (including phenoxy) is 5. The third kappa shape index (κ3) is 3.61. The summed E-state index contributed by atoms with van der Waals surface area (Å²) < 4.78 is 33.0. The molecule has 166 valence electrons. The van der Waals surface area contributed by atoms with Crippen molar-refractivity contribution in [3.8, 4) is 23.0 Å². The predicted octanol–water partition coefficient (Wildman–Crippen LogP) is 4.45. The molecular formula is C25H19NO7. The fraction of sp³-hybridized carbons (Fsp3) is 0.120. The monoisotopic (exact) mass is 445 g/mol. The molecule has 2 aliphatic rings. The van der Waals surface area contributed by atoms with Crippen LogP contribution >= 0.6 is 0 Å². The topological polar surface area (TPSA) is 88.7 Å². The van der Waals surface area contributed by atoms with Crippen LogP contribution < -0.4 is 18.9 Å². The van der Waals surface area contributed by atoms with E-state index in [1.807, 2.05) is 6.07 Å². The van der Waals surface area contributed by atoms with E-state index in [-0.39, 0.29) is 11.6 Å². The highest BCUT2D eigenvalue weighted by Crippen LogP contribution is 2.42. The zero-order chi connectivity index (χ0) is 22.9.